The van der Waals surface area contributed by atoms with Gasteiger partial charge in [0.05, 0.1) is 24.8 Å². The zero-order valence-corrected chi connectivity index (χ0v) is 12.8. The van der Waals surface area contributed by atoms with E-state index in [2.05, 4.69) is 5.10 Å². The van der Waals surface area contributed by atoms with Crippen LogP contribution in [-0.4, -0.2) is 44.4 Å². The minimum Gasteiger partial charge on any atom is -0.391 e. The van der Waals surface area contributed by atoms with E-state index in [-0.39, 0.29) is 11.9 Å². The average molecular weight is 305 g/mol. The van der Waals surface area contributed by atoms with Gasteiger partial charge in [0.1, 0.15) is 0 Å². The van der Waals surface area contributed by atoms with Gasteiger partial charge in [-0.1, -0.05) is 0 Å². The molecule has 2 aromatic heterocycles. The van der Waals surface area contributed by atoms with Crippen LogP contribution in [0, 0.1) is 0 Å². The topological polar surface area (TPSA) is 58.4 Å². The number of rotatable bonds is 4. The fraction of sp³-hybridized carbons (Fsp3) is 0.467. The third kappa shape index (κ3) is 3.16. The Morgan fingerprint density at radius 2 is 2.38 bits per heavy atom. The van der Waals surface area contributed by atoms with E-state index < -0.39 is 6.10 Å². The molecule has 2 atom stereocenters. The lowest BCUT2D eigenvalue weighted by molar-refractivity contribution is -0.132. The smallest absolute Gasteiger partial charge is 0.227 e. The molecule has 1 N–H and O–H groups in total. The minimum atomic E-state index is -0.448. The van der Waals surface area contributed by atoms with Gasteiger partial charge < -0.3 is 10.0 Å². The van der Waals surface area contributed by atoms with Crippen molar-refractivity contribution in [3.8, 4) is 0 Å². The van der Waals surface area contributed by atoms with E-state index >= 15 is 0 Å². The Bertz CT molecular complexity index is 608. The van der Waals surface area contributed by atoms with Crippen LogP contribution in [0.4, 0.5) is 0 Å². The summed E-state index contributed by atoms with van der Waals surface area (Å²) < 4.78 is 1.74. The molecule has 0 unspecified atom stereocenters. The SMILES string of the molecule is Cn1cc(C[C@H]2[C@H](O)CCN2C(=O)Cc2ccsc2)cn1. The fourth-order valence-corrected chi connectivity index (χ4v) is 3.55. The number of nitrogens with zero attached hydrogens (tertiary/aromatic N) is 3. The number of aromatic nitrogens is 2. The van der Waals surface area contributed by atoms with E-state index in [0.717, 1.165) is 11.1 Å². The van der Waals surface area contributed by atoms with Crippen molar-refractivity contribution < 1.29 is 9.90 Å². The molecule has 0 saturated carbocycles. The molecule has 6 heteroatoms. The van der Waals surface area contributed by atoms with E-state index in [0.29, 0.717) is 25.8 Å². The summed E-state index contributed by atoms with van der Waals surface area (Å²) in [7, 11) is 1.87. The van der Waals surface area contributed by atoms with Crippen molar-refractivity contribution in [2.75, 3.05) is 6.54 Å². The first kappa shape index (κ1) is 14.3. The largest absolute Gasteiger partial charge is 0.391 e. The van der Waals surface area contributed by atoms with Gasteiger partial charge in [0, 0.05) is 19.8 Å². The number of carbonyl (C=O) groups excluding carboxylic acids is 1. The summed E-state index contributed by atoms with van der Waals surface area (Å²) >= 11 is 1.60. The molecule has 21 heavy (non-hydrogen) atoms. The predicted octanol–water partition coefficient (Wildman–Crippen LogP) is 1.23. The van der Waals surface area contributed by atoms with Crippen LogP contribution in [0.2, 0.25) is 0 Å². The van der Waals surface area contributed by atoms with E-state index in [1.54, 1.807) is 22.2 Å². The molecule has 3 rings (SSSR count). The lowest BCUT2D eigenvalue weighted by Gasteiger charge is -2.26. The summed E-state index contributed by atoms with van der Waals surface area (Å²) in [5.41, 5.74) is 2.10. The second-order valence-corrected chi connectivity index (χ2v) is 6.33. The lowest BCUT2D eigenvalue weighted by Crippen LogP contribution is -2.41. The van der Waals surface area contributed by atoms with Crippen LogP contribution in [0.1, 0.15) is 17.5 Å². The van der Waals surface area contributed by atoms with Crippen LogP contribution < -0.4 is 0 Å². The maximum Gasteiger partial charge on any atom is 0.227 e. The highest BCUT2D eigenvalue weighted by Crippen LogP contribution is 2.23. The number of aliphatic hydroxyl groups is 1. The molecule has 0 bridgehead atoms. The van der Waals surface area contributed by atoms with Gasteiger partial charge in [0.25, 0.3) is 0 Å². The van der Waals surface area contributed by atoms with Crippen molar-refractivity contribution >= 4 is 17.2 Å². The number of aliphatic hydroxyl groups excluding tert-OH is 1. The summed E-state index contributed by atoms with van der Waals surface area (Å²) in [4.78, 5) is 14.3. The van der Waals surface area contributed by atoms with Crippen molar-refractivity contribution in [2.24, 2.45) is 7.05 Å². The molecule has 0 aliphatic carbocycles. The van der Waals surface area contributed by atoms with Crippen molar-refractivity contribution in [2.45, 2.75) is 31.4 Å². The highest BCUT2D eigenvalue weighted by molar-refractivity contribution is 7.07. The fourth-order valence-electron chi connectivity index (χ4n) is 2.88. The number of likely N-dealkylation sites (tertiary alicyclic amines) is 1. The molecule has 0 spiro atoms. The molecule has 0 aromatic carbocycles. The van der Waals surface area contributed by atoms with Gasteiger partial charge in [0.15, 0.2) is 0 Å². The van der Waals surface area contributed by atoms with Gasteiger partial charge in [-0.15, -0.1) is 0 Å². The van der Waals surface area contributed by atoms with Crippen LogP contribution in [0.15, 0.2) is 29.2 Å². The molecule has 3 heterocycles. The Morgan fingerprint density at radius 3 is 3.05 bits per heavy atom. The minimum absolute atomic E-state index is 0.0961. The van der Waals surface area contributed by atoms with Gasteiger partial charge in [-0.2, -0.15) is 16.4 Å². The monoisotopic (exact) mass is 305 g/mol. The van der Waals surface area contributed by atoms with Gasteiger partial charge in [-0.3, -0.25) is 9.48 Å². The lowest BCUT2D eigenvalue weighted by atomic mass is 10.0. The van der Waals surface area contributed by atoms with E-state index in [9.17, 15) is 9.90 Å². The molecule has 0 radical (unpaired) electrons. The number of hydrogen-bond donors (Lipinski definition) is 1. The zero-order valence-electron chi connectivity index (χ0n) is 12.0. The molecule has 1 saturated heterocycles. The van der Waals surface area contributed by atoms with Crippen molar-refractivity contribution in [1.82, 2.24) is 14.7 Å². The number of carbonyl (C=O) groups is 1. The molecule has 1 aliphatic rings. The van der Waals surface area contributed by atoms with Crippen LogP contribution >= 0.6 is 11.3 Å². The van der Waals surface area contributed by atoms with E-state index in [1.165, 1.54) is 0 Å². The normalized spacial score (nSPS) is 21.9. The second-order valence-electron chi connectivity index (χ2n) is 5.55. The first-order valence-corrected chi connectivity index (χ1v) is 8.04. The summed E-state index contributed by atoms with van der Waals surface area (Å²) in [5.74, 6) is 0.0961. The Hall–Kier alpha value is -1.66. The average Bonchev–Trinajstić information content (AvgIpc) is 3.15. The molecule has 1 aliphatic heterocycles. The first-order chi connectivity index (χ1) is 10.1. The summed E-state index contributed by atoms with van der Waals surface area (Å²) in [6.07, 6.45) is 5.01. The van der Waals surface area contributed by atoms with Gasteiger partial charge in [0.2, 0.25) is 5.91 Å². The molecule has 2 aromatic rings. The number of hydrogen-bond acceptors (Lipinski definition) is 4. The molecule has 112 valence electrons. The van der Waals surface area contributed by atoms with E-state index in [1.807, 2.05) is 35.0 Å². The molecular formula is C15H19N3O2S. The van der Waals surface area contributed by atoms with Gasteiger partial charge >= 0.3 is 0 Å². The van der Waals surface area contributed by atoms with Gasteiger partial charge in [-0.25, -0.2) is 0 Å². The Balaban J connectivity index is 1.69. The highest BCUT2D eigenvalue weighted by Gasteiger charge is 2.35. The standard InChI is InChI=1S/C15H19N3O2S/c1-17-9-12(8-16-17)6-13-14(19)2-4-18(13)15(20)7-11-3-5-21-10-11/h3,5,8-10,13-14,19H,2,4,6-7H2,1H3/t13-,14+/m0/s1. The third-order valence-corrected chi connectivity index (χ3v) is 4.70. The van der Waals surface area contributed by atoms with Crippen molar-refractivity contribution in [1.29, 1.82) is 0 Å². The van der Waals surface area contributed by atoms with Crippen molar-refractivity contribution in [3.63, 3.8) is 0 Å². The number of thiophene rings is 1. The Labute approximate surface area is 127 Å². The second kappa shape index (κ2) is 5.99. The Morgan fingerprint density at radius 1 is 1.52 bits per heavy atom. The zero-order chi connectivity index (χ0) is 14.8. The quantitative estimate of drug-likeness (QED) is 0.924. The molecule has 1 amide bonds. The first-order valence-electron chi connectivity index (χ1n) is 7.09. The summed E-state index contributed by atoms with van der Waals surface area (Å²) in [5, 5.41) is 18.3. The molecule has 5 nitrogen and oxygen atoms in total. The third-order valence-electron chi connectivity index (χ3n) is 3.97. The maximum atomic E-state index is 12.5. The maximum absolute atomic E-state index is 12.5. The van der Waals surface area contributed by atoms with Crippen LogP contribution in [0.25, 0.3) is 0 Å². The predicted molar refractivity (Wildman–Crippen MR) is 81.1 cm³/mol. The molecule has 1 fully saturated rings. The number of aryl methyl sites for hydroxylation is 1. The van der Waals surface area contributed by atoms with Crippen LogP contribution in [0.3, 0.4) is 0 Å². The Kier molecular flexibility index (Phi) is 4.07. The van der Waals surface area contributed by atoms with Crippen molar-refractivity contribution in [3.05, 3.63) is 40.3 Å². The van der Waals surface area contributed by atoms with Crippen LogP contribution in [0.5, 0.6) is 0 Å². The number of amides is 1. The van der Waals surface area contributed by atoms with Crippen LogP contribution in [-0.2, 0) is 24.7 Å². The summed E-state index contributed by atoms with van der Waals surface area (Å²) in [6.45, 7) is 0.634. The molecular weight excluding hydrogens is 286 g/mol. The summed E-state index contributed by atoms with van der Waals surface area (Å²) in [6, 6.07) is 1.84. The highest BCUT2D eigenvalue weighted by atomic mass is 32.1. The van der Waals surface area contributed by atoms with E-state index in [4.69, 9.17) is 0 Å². The van der Waals surface area contributed by atoms with Gasteiger partial charge in [-0.05, 0) is 40.8 Å².